The second-order valence-corrected chi connectivity index (χ2v) is 9.51. The summed E-state index contributed by atoms with van der Waals surface area (Å²) in [6.45, 7) is 0.315. The Morgan fingerprint density at radius 2 is 1.88 bits per heavy atom. The van der Waals surface area contributed by atoms with Crippen LogP contribution in [0.1, 0.15) is 16.7 Å². The fraction of sp³-hybridized carbons (Fsp3) is 0.0800. The first-order chi connectivity index (χ1) is 16.0. The number of hydrogen-bond acceptors (Lipinski definition) is 6. The summed E-state index contributed by atoms with van der Waals surface area (Å²) in [4.78, 5) is 15.1. The van der Waals surface area contributed by atoms with E-state index < -0.39 is 0 Å². The van der Waals surface area contributed by atoms with Gasteiger partial charge >= 0.3 is 0 Å². The van der Waals surface area contributed by atoms with Gasteiger partial charge in [0.05, 0.1) is 33.8 Å². The highest BCUT2D eigenvalue weighted by Crippen LogP contribution is 2.40. The highest BCUT2D eigenvalue weighted by molar-refractivity contribution is 9.10. The Bertz CT molecular complexity index is 1290. The molecule has 3 aromatic carbocycles. The van der Waals surface area contributed by atoms with Crippen molar-refractivity contribution in [1.29, 1.82) is 5.26 Å². The minimum Gasteiger partial charge on any atom is -0.493 e. The second kappa shape index (κ2) is 10.2. The fourth-order valence-electron chi connectivity index (χ4n) is 3.21. The predicted octanol–water partition coefficient (Wildman–Crippen LogP) is 6.31. The predicted molar refractivity (Wildman–Crippen MR) is 138 cm³/mol. The van der Waals surface area contributed by atoms with Crippen LogP contribution in [0.3, 0.4) is 0 Å². The van der Waals surface area contributed by atoms with Crippen LogP contribution in [0.5, 0.6) is 11.5 Å². The van der Waals surface area contributed by atoms with E-state index in [9.17, 15) is 4.79 Å². The largest absolute Gasteiger partial charge is 0.493 e. The van der Waals surface area contributed by atoms with E-state index >= 15 is 0 Å². The van der Waals surface area contributed by atoms with Gasteiger partial charge in [-0.1, -0.05) is 54.3 Å². The van der Waals surface area contributed by atoms with Gasteiger partial charge in [-0.15, -0.1) is 0 Å². The SMILES string of the molecule is COc1cc(/C=C2/SC(=S)N(c3ccccc3)C2=O)cc(Br)c1OCc1ccc(C#N)cc1. The van der Waals surface area contributed by atoms with Crippen molar-refractivity contribution >= 4 is 61.9 Å². The smallest absolute Gasteiger partial charge is 0.270 e. The molecule has 0 aliphatic carbocycles. The third kappa shape index (κ3) is 5.11. The van der Waals surface area contributed by atoms with Crippen molar-refractivity contribution in [3.63, 3.8) is 0 Å². The summed E-state index contributed by atoms with van der Waals surface area (Å²) < 4.78 is 12.7. The molecule has 0 atom stereocenters. The second-order valence-electron chi connectivity index (χ2n) is 6.98. The van der Waals surface area contributed by atoms with Crippen molar-refractivity contribution < 1.29 is 14.3 Å². The average molecular weight is 537 g/mol. The van der Waals surface area contributed by atoms with Gasteiger partial charge in [-0.2, -0.15) is 5.26 Å². The Balaban J connectivity index is 1.56. The molecule has 0 saturated carbocycles. The van der Waals surface area contributed by atoms with Crippen LogP contribution in [-0.4, -0.2) is 17.3 Å². The van der Waals surface area contributed by atoms with Crippen molar-refractivity contribution in [2.45, 2.75) is 6.61 Å². The minimum absolute atomic E-state index is 0.160. The molecule has 0 N–H and O–H groups in total. The molecule has 1 fully saturated rings. The van der Waals surface area contributed by atoms with E-state index in [0.717, 1.165) is 16.8 Å². The first kappa shape index (κ1) is 23.1. The topological polar surface area (TPSA) is 62.6 Å². The Hall–Kier alpha value is -3.12. The number of carbonyl (C=O) groups is 1. The van der Waals surface area contributed by atoms with E-state index in [4.69, 9.17) is 27.0 Å². The molecule has 0 spiro atoms. The summed E-state index contributed by atoms with van der Waals surface area (Å²) in [6, 6.07) is 22.3. The molecule has 8 heteroatoms. The number of ether oxygens (including phenoxy) is 2. The van der Waals surface area contributed by atoms with Gasteiger partial charge in [0.1, 0.15) is 6.61 Å². The van der Waals surface area contributed by atoms with E-state index in [2.05, 4.69) is 22.0 Å². The number of para-hydroxylation sites is 1. The third-order valence-corrected chi connectivity index (χ3v) is 6.72. The van der Waals surface area contributed by atoms with Gasteiger partial charge in [0.2, 0.25) is 0 Å². The Morgan fingerprint density at radius 1 is 1.15 bits per heavy atom. The van der Waals surface area contributed by atoms with Gasteiger partial charge in [-0.3, -0.25) is 9.69 Å². The van der Waals surface area contributed by atoms with Crippen LogP contribution in [0.15, 0.2) is 76.1 Å². The van der Waals surface area contributed by atoms with Crippen LogP contribution < -0.4 is 14.4 Å². The van der Waals surface area contributed by atoms with E-state index in [1.807, 2.05) is 54.6 Å². The maximum atomic E-state index is 13.0. The number of thioether (sulfide) groups is 1. The molecule has 1 aliphatic heterocycles. The van der Waals surface area contributed by atoms with Crippen LogP contribution in [0.25, 0.3) is 6.08 Å². The molecule has 1 amide bonds. The van der Waals surface area contributed by atoms with Gasteiger partial charge in [0.25, 0.3) is 5.91 Å². The Kier molecular flexibility index (Phi) is 7.14. The number of hydrogen-bond donors (Lipinski definition) is 0. The molecule has 0 bridgehead atoms. The van der Waals surface area contributed by atoms with Crippen molar-refractivity contribution in [1.82, 2.24) is 0 Å². The number of nitrogens with zero attached hydrogens (tertiary/aromatic N) is 2. The minimum atomic E-state index is -0.160. The number of halogens is 1. The molecule has 0 radical (unpaired) electrons. The summed E-state index contributed by atoms with van der Waals surface area (Å²) in [6.07, 6.45) is 1.79. The number of thiocarbonyl (C=S) groups is 1. The van der Waals surface area contributed by atoms with Gasteiger partial charge in [-0.25, -0.2) is 0 Å². The van der Waals surface area contributed by atoms with Crippen molar-refractivity contribution in [2.24, 2.45) is 0 Å². The first-order valence-electron chi connectivity index (χ1n) is 9.82. The standard InChI is InChI=1S/C25H17BrN2O3S2/c1-30-21-12-18(11-20(26)23(21)31-15-17-9-7-16(14-27)8-10-17)13-22-24(29)28(25(32)33-22)19-5-3-2-4-6-19/h2-13H,15H2,1H3/b22-13+. The molecule has 1 saturated heterocycles. The zero-order valence-corrected chi connectivity index (χ0v) is 20.7. The number of nitriles is 1. The molecular weight excluding hydrogens is 520 g/mol. The van der Waals surface area contributed by atoms with Crippen LogP contribution >= 0.6 is 39.9 Å². The molecule has 0 aromatic heterocycles. The van der Waals surface area contributed by atoms with Gasteiger partial charge in [0.15, 0.2) is 15.8 Å². The summed E-state index contributed by atoms with van der Waals surface area (Å²) in [7, 11) is 1.56. The molecular formula is C25H17BrN2O3S2. The first-order valence-corrected chi connectivity index (χ1v) is 11.8. The van der Waals surface area contributed by atoms with Crippen molar-refractivity contribution in [3.8, 4) is 17.6 Å². The normalized spacial score (nSPS) is 14.5. The zero-order valence-electron chi connectivity index (χ0n) is 17.4. The number of amides is 1. The quantitative estimate of drug-likeness (QED) is 0.271. The summed E-state index contributed by atoms with van der Waals surface area (Å²) >= 11 is 10.3. The van der Waals surface area contributed by atoms with Gasteiger partial charge < -0.3 is 9.47 Å². The van der Waals surface area contributed by atoms with E-state index in [0.29, 0.717) is 37.4 Å². The summed E-state index contributed by atoms with van der Waals surface area (Å²) in [5.74, 6) is 0.922. The highest BCUT2D eigenvalue weighted by atomic mass is 79.9. The molecule has 0 unspecified atom stereocenters. The maximum Gasteiger partial charge on any atom is 0.270 e. The molecule has 1 heterocycles. The number of anilines is 1. The molecule has 4 rings (SSSR count). The van der Waals surface area contributed by atoms with Crippen molar-refractivity contribution in [2.75, 3.05) is 12.0 Å². The Labute approximate surface area is 209 Å². The third-order valence-electron chi connectivity index (χ3n) is 4.82. The van der Waals surface area contributed by atoms with E-state index in [-0.39, 0.29) is 5.91 Å². The molecule has 5 nitrogen and oxygen atoms in total. The summed E-state index contributed by atoms with van der Waals surface area (Å²) in [5, 5.41) is 8.93. The number of carbonyl (C=O) groups excluding carboxylic acids is 1. The maximum absolute atomic E-state index is 13.0. The van der Waals surface area contributed by atoms with Crippen LogP contribution in [0, 0.1) is 11.3 Å². The van der Waals surface area contributed by atoms with Gasteiger partial charge in [0, 0.05) is 0 Å². The van der Waals surface area contributed by atoms with Crippen molar-refractivity contribution in [3.05, 3.63) is 92.8 Å². The van der Waals surface area contributed by atoms with Crippen LogP contribution in [-0.2, 0) is 11.4 Å². The number of benzene rings is 3. The van der Waals surface area contributed by atoms with Gasteiger partial charge in [-0.05, 0) is 69.5 Å². The molecule has 164 valence electrons. The van der Waals surface area contributed by atoms with E-state index in [1.54, 1.807) is 25.3 Å². The molecule has 1 aliphatic rings. The fourth-order valence-corrected chi connectivity index (χ4v) is 5.09. The number of rotatable bonds is 6. The van der Waals surface area contributed by atoms with E-state index in [1.165, 1.54) is 16.7 Å². The lowest BCUT2D eigenvalue weighted by Gasteiger charge is -2.14. The lowest BCUT2D eigenvalue weighted by atomic mass is 10.1. The number of methoxy groups -OCH3 is 1. The lowest BCUT2D eigenvalue weighted by Crippen LogP contribution is -2.27. The molecule has 33 heavy (non-hydrogen) atoms. The highest BCUT2D eigenvalue weighted by Gasteiger charge is 2.33. The lowest BCUT2D eigenvalue weighted by molar-refractivity contribution is -0.113. The van der Waals surface area contributed by atoms with Crippen LogP contribution in [0.4, 0.5) is 5.69 Å². The average Bonchev–Trinajstić information content (AvgIpc) is 3.11. The molecule has 3 aromatic rings. The summed E-state index contributed by atoms with van der Waals surface area (Å²) in [5.41, 5.74) is 3.04. The zero-order chi connectivity index (χ0) is 23.4. The Morgan fingerprint density at radius 3 is 2.55 bits per heavy atom. The van der Waals surface area contributed by atoms with Crippen LogP contribution in [0.2, 0.25) is 0 Å². The monoisotopic (exact) mass is 536 g/mol.